The SMILES string of the molecule is CCCNC(=O)CNC(=O)COC(=O)[C@H](C)Oc1ccc(C#N)cc1. The molecule has 0 saturated carbocycles. The minimum atomic E-state index is -0.923. The van der Waals surface area contributed by atoms with Crippen LogP contribution >= 0.6 is 0 Å². The zero-order valence-corrected chi connectivity index (χ0v) is 14.2. The molecule has 0 bridgehead atoms. The predicted molar refractivity (Wildman–Crippen MR) is 88.5 cm³/mol. The lowest BCUT2D eigenvalue weighted by molar-refractivity contribution is -0.154. The number of nitrogens with one attached hydrogen (secondary N) is 2. The molecule has 0 aliphatic heterocycles. The molecule has 25 heavy (non-hydrogen) atoms. The minimum Gasteiger partial charge on any atom is -0.479 e. The van der Waals surface area contributed by atoms with Gasteiger partial charge in [0.15, 0.2) is 12.7 Å². The number of hydrogen-bond acceptors (Lipinski definition) is 6. The van der Waals surface area contributed by atoms with Gasteiger partial charge in [-0.3, -0.25) is 9.59 Å². The van der Waals surface area contributed by atoms with Gasteiger partial charge in [-0.05, 0) is 37.6 Å². The number of amides is 2. The first-order valence-electron chi connectivity index (χ1n) is 7.83. The second-order valence-electron chi connectivity index (χ2n) is 5.13. The summed E-state index contributed by atoms with van der Waals surface area (Å²) in [6.07, 6.45) is -0.123. The molecule has 1 aromatic carbocycles. The van der Waals surface area contributed by atoms with Crippen LogP contribution in [0.25, 0.3) is 0 Å². The van der Waals surface area contributed by atoms with Gasteiger partial charge in [0.25, 0.3) is 5.91 Å². The summed E-state index contributed by atoms with van der Waals surface area (Å²) in [6.45, 7) is 3.26. The van der Waals surface area contributed by atoms with E-state index in [-0.39, 0.29) is 12.5 Å². The first-order chi connectivity index (χ1) is 12.0. The Morgan fingerprint density at radius 1 is 1.16 bits per heavy atom. The first kappa shape index (κ1) is 20.0. The van der Waals surface area contributed by atoms with Crippen LogP contribution in [-0.2, 0) is 19.1 Å². The van der Waals surface area contributed by atoms with Crippen molar-refractivity contribution in [2.45, 2.75) is 26.4 Å². The van der Waals surface area contributed by atoms with Crippen LogP contribution in [-0.4, -0.2) is 43.6 Å². The summed E-state index contributed by atoms with van der Waals surface area (Å²) in [5.41, 5.74) is 0.474. The van der Waals surface area contributed by atoms with E-state index in [2.05, 4.69) is 10.6 Å². The fourth-order valence-corrected chi connectivity index (χ4v) is 1.67. The second kappa shape index (κ2) is 10.6. The van der Waals surface area contributed by atoms with Crippen LogP contribution in [0.5, 0.6) is 5.75 Å². The molecule has 2 amide bonds. The molecule has 0 aromatic heterocycles. The molecule has 1 aromatic rings. The topological polar surface area (TPSA) is 118 Å². The van der Waals surface area contributed by atoms with Crippen LogP contribution in [0, 0.1) is 11.3 Å². The molecule has 0 heterocycles. The van der Waals surface area contributed by atoms with Crippen molar-refractivity contribution in [3.8, 4) is 11.8 Å². The maximum absolute atomic E-state index is 11.8. The Morgan fingerprint density at radius 2 is 1.84 bits per heavy atom. The Labute approximate surface area is 146 Å². The van der Waals surface area contributed by atoms with Crippen molar-refractivity contribution >= 4 is 17.8 Å². The lowest BCUT2D eigenvalue weighted by atomic mass is 10.2. The molecule has 0 saturated heterocycles. The Morgan fingerprint density at radius 3 is 2.44 bits per heavy atom. The molecular formula is C17H21N3O5. The normalized spacial score (nSPS) is 10.9. The van der Waals surface area contributed by atoms with E-state index in [1.165, 1.54) is 6.92 Å². The van der Waals surface area contributed by atoms with Crippen molar-refractivity contribution in [3.63, 3.8) is 0 Å². The van der Waals surface area contributed by atoms with Gasteiger partial charge in [-0.1, -0.05) is 6.92 Å². The average Bonchev–Trinajstić information content (AvgIpc) is 2.63. The molecule has 0 fully saturated rings. The van der Waals surface area contributed by atoms with Crippen molar-refractivity contribution in [2.24, 2.45) is 0 Å². The van der Waals surface area contributed by atoms with Crippen molar-refractivity contribution in [2.75, 3.05) is 19.7 Å². The molecule has 0 aliphatic rings. The Bertz CT molecular complexity index is 637. The summed E-state index contributed by atoms with van der Waals surface area (Å²) in [6, 6.07) is 8.21. The van der Waals surface area contributed by atoms with Gasteiger partial charge < -0.3 is 20.1 Å². The van der Waals surface area contributed by atoms with E-state index in [0.29, 0.717) is 17.9 Å². The third kappa shape index (κ3) is 7.83. The fourth-order valence-electron chi connectivity index (χ4n) is 1.67. The van der Waals surface area contributed by atoms with Crippen LogP contribution in [0.1, 0.15) is 25.8 Å². The van der Waals surface area contributed by atoms with E-state index < -0.39 is 24.6 Å². The van der Waals surface area contributed by atoms with Crippen LogP contribution in [0.4, 0.5) is 0 Å². The molecular weight excluding hydrogens is 326 g/mol. The Hall–Kier alpha value is -3.08. The lowest BCUT2D eigenvalue weighted by Gasteiger charge is -2.14. The van der Waals surface area contributed by atoms with Gasteiger partial charge in [-0.15, -0.1) is 0 Å². The lowest BCUT2D eigenvalue weighted by Crippen LogP contribution is -2.39. The summed E-state index contributed by atoms with van der Waals surface area (Å²) in [7, 11) is 0. The molecule has 0 spiro atoms. The number of ether oxygens (including phenoxy) is 2. The smallest absolute Gasteiger partial charge is 0.347 e. The number of carbonyl (C=O) groups is 3. The summed E-state index contributed by atoms with van der Waals surface area (Å²) in [5, 5.41) is 13.7. The minimum absolute atomic E-state index is 0.173. The zero-order chi connectivity index (χ0) is 18.7. The van der Waals surface area contributed by atoms with E-state index in [9.17, 15) is 14.4 Å². The summed E-state index contributed by atoms with van der Waals surface area (Å²) < 4.78 is 10.2. The first-order valence-corrected chi connectivity index (χ1v) is 7.83. The molecule has 0 aliphatic carbocycles. The van der Waals surface area contributed by atoms with Gasteiger partial charge >= 0.3 is 5.97 Å². The molecule has 8 nitrogen and oxygen atoms in total. The summed E-state index contributed by atoms with van der Waals surface area (Å²) >= 11 is 0. The number of carbonyl (C=O) groups excluding carboxylic acids is 3. The largest absolute Gasteiger partial charge is 0.479 e. The van der Waals surface area contributed by atoms with Gasteiger partial charge in [0.05, 0.1) is 18.2 Å². The Balaban J connectivity index is 2.31. The van der Waals surface area contributed by atoms with E-state index in [0.717, 1.165) is 6.42 Å². The monoisotopic (exact) mass is 347 g/mol. The molecule has 0 radical (unpaired) electrons. The maximum atomic E-state index is 11.8. The van der Waals surface area contributed by atoms with Crippen molar-refractivity contribution in [1.29, 1.82) is 5.26 Å². The molecule has 134 valence electrons. The quantitative estimate of drug-likeness (QED) is 0.629. The van der Waals surface area contributed by atoms with E-state index in [1.54, 1.807) is 24.3 Å². The second-order valence-corrected chi connectivity index (χ2v) is 5.13. The van der Waals surface area contributed by atoms with Crippen LogP contribution in [0.2, 0.25) is 0 Å². The number of rotatable bonds is 9. The standard InChI is InChI=1S/C17H21N3O5/c1-3-8-19-15(21)10-20-16(22)11-24-17(23)12(2)25-14-6-4-13(9-18)5-7-14/h4-7,12H,3,8,10-11H2,1-2H3,(H,19,21)(H,20,22)/t12-/m0/s1. The third-order valence-corrected chi connectivity index (χ3v) is 2.99. The van der Waals surface area contributed by atoms with E-state index in [4.69, 9.17) is 14.7 Å². The van der Waals surface area contributed by atoms with Gasteiger partial charge in [-0.25, -0.2) is 4.79 Å². The van der Waals surface area contributed by atoms with Gasteiger partial charge in [0, 0.05) is 6.54 Å². The Kier molecular flexibility index (Phi) is 8.50. The van der Waals surface area contributed by atoms with Crippen molar-refractivity contribution in [3.05, 3.63) is 29.8 Å². The number of benzene rings is 1. The van der Waals surface area contributed by atoms with Crippen LogP contribution in [0.3, 0.4) is 0 Å². The average molecular weight is 347 g/mol. The molecule has 1 atom stereocenters. The highest BCUT2D eigenvalue weighted by atomic mass is 16.6. The van der Waals surface area contributed by atoms with E-state index >= 15 is 0 Å². The van der Waals surface area contributed by atoms with Crippen LogP contribution in [0.15, 0.2) is 24.3 Å². The molecule has 0 unspecified atom stereocenters. The predicted octanol–water partition coefficient (Wildman–Crippen LogP) is 0.511. The fraction of sp³-hybridized carbons (Fsp3) is 0.412. The van der Waals surface area contributed by atoms with Crippen molar-refractivity contribution in [1.82, 2.24) is 10.6 Å². The molecule has 1 rings (SSSR count). The number of nitrogens with zero attached hydrogens (tertiary/aromatic N) is 1. The molecule has 2 N–H and O–H groups in total. The highest BCUT2D eigenvalue weighted by Gasteiger charge is 2.18. The number of nitriles is 1. The number of hydrogen-bond donors (Lipinski definition) is 2. The van der Waals surface area contributed by atoms with Gasteiger partial charge in [-0.2, -0.15) is 5.26 Å². The molecule has 8 heteroatoms. The van der Waals surface area contributed by atoms with Gasteiger partial charge in [0.2, 0.25) is 5.91 Å². The third-order valence-electron chi connectivity index (χ3n) is 2.99. The maximum Gasteiger partial charge on any atom is 0.347 e. The van der Waals surface area contributed by atoms with E-state index in [1.807, 2.05) is 13.0 Å². The number of esters is 1. The summed E-state index contributed by atoms with van der Waals surface area (Å²) in [5.74, 6) is -1.19. The van der Waals surface area contributed by atoms with Gasteiger partial charge in [0.1, 0.15) is 5.75 Å². The highest BCUT2D eigenvalue weighted by Crippen LogP contribution is 2.13. The zero-order valence-electron chi connectivity index (χ0n) is 14.2. The van der Waals surface area contributed by atoms with Crippen LogP contribution < -0.4 is 15.4 Å². The summed E-state index contributed by atoms with van der Waals surface area (Å²) in [4.78, 5) is 34.7. The highest BCUT2D eigenvalue weighted by molar-refractivity contribution is 5.86. The van der Waals surface area contributed by atoms with Crippen molar-refractivity contribution < 1.29 is 23.9 Å².